The summed E-state index contributed by atoms with van der Waals surface area (Å²) in [6, 6.07) is 0. The quantitative estimate of drug-likeness (QED) is 0.924. The number of nitrogens with one attached hydrogen (secondary N) is 1. The molecule has 0 bridgehead atoms. The van der Waals surface area contributed by atoms with E-state index in [1.165, 1.54) is 11.3 Å². The van der Waals surface area contributed by atoms with Crippen LogP contribution in [0.3, 0.4) is 0 Å². The fourth-order valence-corrected chi connectivity index (χ4v) is 3.14. The van der Waals surface area contributed by atoms with Gasteiger partial charge in [-0.05, 0) is 20.8 Å². The van der Waals surface area contributed by atoms with Gasteiger partial charge in [0.15, 0.2) is 0 Å². The van der Waals surface area contributed by atoms with Gasteiger partial charge in [-0.1, -0.05) is 6.92 Å². The molecule has 5 nitrogen and oxygen atoms in total. The van der Waals surface area contributed by atoms with Crippen molar-refractivity contribution in [1.82, 2.24) is 10.3 Å². The predicted molar refractivity (Wildman–Crippen MR) is 72.1 cm³/mol. The van der Waals surface area contributed by atoms with Gasteiger partial charge in [-0.15, -0.1) is 11.3 Å². The maximum atomic E-state index is 11.5. The van der Waals surface area contributed by atoms with Gasteiger partial charge in [0.1, 0.15) is 14.8 Å². The minimum absolute atomic E-state index is 0.292. The van der Waals surface area contributed by atoms with Crippen LogP contribution in [0.5, 0.6) is 0 Å². The molecule has 1 N–H and O–H groups in total. The van der Waals surface area contributed by atoms with Gasteiger partial charge in [-0.3, -0.25) is 4.21 Å². The van der Waals surface area contributed by atoms with Gasteiger partial charge >= 0.3 is 6.09 Å². The Morgan fingerprint density at radius 1 is 1.56 bits per heavy atom. The van der Waals surface area contributed by atoms with Gasteiger partial charge in [-0.2, -0.15) is 0 Å². The van der Waals surface area contributed by atoms with E-state index in [4.69, 9.17) is 4.74 Å². The zero-order chi connectivity index (χ0) is 13.8. The molecule has 0 spiro atoms. The van der Waals surface area contributed by atoms with E-state index >= 15 is 0 Å². The summed E-state index contributed by atoms with van der Waals surface area (Å²) in [5.74, 6) is 0.571. The first-order chi connectivity index (χ1) is 8.31. The third-order valence-corrected chi connectivity index (χ3v) is 4.48. The molecule has 0 saturated heterocycles. The van der Waals surface area contributed by atoms with Gasteiger partial charge in [0.2, 0.25) is 0 Å². The molecule has 1 unspecified atom stereocenters. The summed E-state index contributed by atoms with van der Waals surface area (Å²) in [6.07, 6.45) is 1.12. The molecule has 0 aliphatic carbocycles. The molecule has 1 amide bonds. The van der Waals surface area contributed by atoms with Crippen LogP contribution >= 0.6 is 11.3 Å². The summed E-state index contributed by atoms with van der Waals surface area (Å²) in [4.78, 5) is 15.5. The largest absolute Gasteiger partial charge is 0.444 e. The fourth-order valence-electron chi connectivity index (χ4n) is 1.08. The van der Waals surface area contributed by atoms with Crippen LogP contribution in [0.4, 0.5) is 4.79 Å². The third-order valence-electron chi connectivity index (χ3n) is 1.80. The minimum atomic E-state index is -0.988. The van der Waals surface area contributed by atoms with E-state index in [1.54, 1.807) is 27.0 Å². The first-order valence-electron chi connectivity index (χ1n) is 5.61. The summed E-state index contributed by atoms with van der Waals surface area (Å²) < 4.78 is 17.4. The van der Waals surface area contributed by atoms with Crippen molar-refractivity contribution >= 4 is 28.2 Å². The van der Waals surface area contributed by atoms with Crippen molar-refractivity contribution in [2.24, 2.45) is 0 Å². The highest BCUT2D eigenvalue weighted by molar-refractivity contribution is 7.87. The number of hydrogen-bond donors (Lipinski definition) is 1. The van der Waals surface area contributed by atoms with Gasteiger partial charge < -0.3 is 10.1 Å². The van der Waals surface area contributed by atoms with Crippen LogP contribution in [0.2, 0.25) is 0 Å². The minimum Gasteiger partial charge on any atom is -0.444 e. The lowest BCUT2D eigenvalue weighted by atomic mass is 10.2. The summed E-state index contributed by atoms with van der Waals surface area (Å²) in [6.45, 7) is 7.56. The van der Waals surface area contributed by atoms with E-state index in [0.717, 1.165) is 9.22 Å². The highest BCUT2D eigenvalue weighted by Gasteiger charge is 2.16. The average Bonchev–Trinajstić information content (AvgIpc) is 2.71. The topological polar surface area (TPSA) is 68.3 Å². The van der Waals surface area contributed by atoms with Crippen LogP contribution in [0.1, 0.15) is 32.7 Å². The normalized spacial score (nSPS) is 13.1. The van der Waals surface area contributed by atoms with E-state index in [1.807, 2.05) is 6.92 Å². The van der Waals surface area contributed by atoms with Crippen molar-refractivity contribution in [3.63, 3.8) is 0 Å². The molecular formula is C11H18N2O3S2. The van der Waals surface area contributed by atoms with E-state index in [2.05, 4.69) is 10.3 Å². The molecule has 0 saturated carbocycles. The van der Waals surface area contributed by atoms with Crippen molar-refractivity contribution in [2.45, 2.75) is 44.0 Å². The molecule has 0 aliphatic heterocycles. The molecule has 1 rings (SSSR count). The van der Waals surface area contributed by atoms with Crippen LogP contribution < -0.4 is 5.32 Å². The number of alkyl carbamates (subject to hydrolysis) is 1. The van der Waals surface area contributed by atoms with Crippen LogP contribution in [0, 0.1) is 0 Å². The Morgan fingerprint density at radius 2 is 2.22 bits per heavy atom. The van der Waals surface area contributed by atoms with E-state index < -0.39 is 22.5 Å². The van der Waals surface area contributed by atoms with Crippen LogP contribution in [0.25, 0.3) is 0 Å². The van der Waals surface area contributed by atoms with Crippen LogP contribution in [0.15, 0.2) is 10.4 Å². The summed E-state index contributed by atoms with van der Waals surface area (Å²) in [5.41, 5.74) is -0.512. The molecule has 102 valence electrons. The maximum absolute atomic E-state index is 11.5. The number of carbonyl (C=O) groups excluding carboxylic acids is 1. The average molecular weight is 290 g/mol. The second-order valence-corrected chi connectivity index (χ2v) is 7.64. The SMILES string of the molecule is CCS(=O)c1cnc(CNC(=O)OC(C)(C)C)s1. The third kappa shape index (κ3) is 5.14. The number of carbonyl (C=O) groups is 1. The molecule has 18 heavy (non-hydrogen) atoms. The van der Waals surface area contributed by atoms with E-state index in [9.17, 15) is 9.00 Å². The number of hydrogen-bond acceptors (Lipinski definition) is 5. The Bertz CT molecular complexity index is 438. The van der Waals surface area contributed by atoms with Crippen molar-refractivity contribution in [1.29, 1.82) is 0 Å². The number of ether oxygens (including phenoxy) is 1. The Hall–Kier alpha value is -0.950. The standard InChI is InChI=1S/C11H18N2O3S2/c1-5-18(15)9-7-12-8(17-9)6-13-10(14)16-11(2,3)4/h7H,5-6H2,1-4H3,(H,13,14). The van der Waals surface area contributed by atoms with Gasteiger partial charge in [0.25, 0.3) is 0 Å². The molecule has 1 aromatic heterocycles. The number of rotatable bonds is 4. The second-order valence-electron chi connectivity index (χ2n) is 4.56. The Labute approximate surface area is 113 Å². The van der Waals surface area contributed by atoms with E-state index in [-0.39, 0.29) is 0 Å². The van der Waals surface area contributed by atoms with Gasteiger partial charge in [-0.25, -0.2) is 9.78 Å². The highest BCUT2D eigenvalue weighted by Crippen LogP contribution is 2.17. The Balaban J connectivity index is 2.47. The second kappa shape index (κ2) is 6.29. The zero-order valence-electron chi connectivity index (χ0n) is 11.0. The molecule has 0 aromatic carbocycles. The summed E-state index contributed by atoms with van der Waals surface area (Å²) >= 11 is 1.34. The first-order valence-corrected chi connectivity index (χ1v) is 7.75. The predicted octanol–water partition coefficient (Wildman–Crippen LogP) is 2.30. The molecule has 0 aliphatic rings. The number of aromatic nitrogens is 1. The molecule has 0 radical (unpaired) electrons. The smallest absolute Gasteiger partial charge is 0.408 e. The lowest BCUT2D eigenvalue weighted by molar-refractivity contribution is 0.0523. The Morgan fingerprint density at radius 3 is 2.78 bits per heavy atom. The molecule has 1 heterocycles. The van der Waals surface area contributed by atoms with Crippen LogP contribution in [-0.4, -0.2) is 26.6 Å². The monoisotopic (exact) mass is 290 g/mol. The lowest BCUT2D eigenvalue weighted by Gasteiger charge is -2.19. The Kier molecular flexibility index (Phi) is 5.28. The number of thiazole rings is 1. The molecule has 7 heteroatoms. The molecule has 1 aromatic rings. The summed E-state index contributed by atoms with van der Waals surface area (Å²) in [5, 5.41) is 3.33. The summed E-state index contributed by atoms with van der Waals surface area (Å²) in [7, 11) is -0.988. The van der Waals surface area contributed by atoms with Crippen molar-refractivity contribution in [3.8, 4) is 0 Å². The zero-order valence-corrected chi connectivity index (χ0v) is 12.6. The molecular weight excluding hydrogens is 272 g/mol. The van der Waals surface area contributed by atoms with Gasteiger partial charge in [0, 0.05) is 5.75 Å². The van der Waals surface area contributed by atoms with Gasteiger partial charge in [0.05, 0.1) is 23.5 Å². The fraction of sp³-hybridized carbons (Fsp3) is 0.636. The number of nitrogens with zero attached hydrogens (tertiary/aromatic N) is 1. The van der Waals surface area contributed by atoms with E-state index in [0.29, 0.717) is 12.3 Å². The van der Waals surface area contributed by atoms with Crippen molar-refractivity contribution < 1.29 is 13.7 Å². The van der Waals surface area contributed by atoms with Crippen molar-refractivity contribution in [2.75, 3.05) is 5.75 Å². The van der Waals surface area contributed by atoms with Crippen molar-refractivity contribution in [3.05, 3.63) is 11.2 Å². The lowest BCUT2D eigenvalue weighted by Crippen LogP contribution is -2.32. The number of amides is 1. The maximum Gasteiger partial charge on any atom is 0.408 e. The highest BCUT2D eigenvalue weighted by atomic mass is 32.2. The first kappa shape index (κ1) is 15.1. The molecule has 1 atom stereocenters. The van der Waals surface area contributed by atoms with Crippen LogP contribution in [-0.2, 0) is 22.1 Å². The molecule has 0 fully saturated rings.